The topological polar surface area (TPSA) is 58.6 Å². The Morgan fingerprint density at radius 1 is 0.833 bits per heavy atom. The van der Waals surface area contributed by atoms with Crippen LogP contribution in [0.15, 0.2) is 83.5 Å². The molecule has 0 aliphatic carbocycles. The zero-order chi connectivity index (χ0) is 21.3. The number of hydrogen-bond acceptors (Lipinski definition) is 4. The molecule has 0 spiro atoms. The number of carbonyl (C=O) groups is 2. The van der Waals surface area contributed by atoms with Crippen molar-refractivity contribution in [1.82, 2.24) is 0 Å². The quantitative estimate of drug-likeness (QED) is 0.505. The van der Waals surface area contributed by atoms with Crippen molar-refractivity contribution in [3.63, 3.8) is 0 Å². The van der Waals surface area contributed by atoms with Crippen molar-refractivity contribution in [1.29, 1.82) is 0 Å². The lowest BCUT2D eigenvalue weighted by Crippen LogP contribution is -2.32. The number of nitrogens with one attached hydrogen (secondary N) is 1. The molecule has 5 nitrogen and oxygen atoms in total. The third kappa shape index (κ3) is 3.90. The second kappa shape index (κ2) is 8.22. The van der Waals surface area contributed by atoms with Gasteiger partial charge in [-0.25, -0.2) is 4.90 Å². The van der Waals surface area contributed by atoms with Gasteiger partial charge in [0.2, 0.25) is 0 Å². The van der Waals surface area contributed by atoms with E-state index in [4.69, 9.17) is 27.9 Å². The standard InChI is InChI=1S/C23H16Cl2N2O3/c1-14-7-10-16(13-19(14)24)27-22(28)20(25)21(23(27)29)26-15-8-11-18(12-9-15)30-17-5-3-2-4-6-17/h2-13,26H,1H3. The molecule has 1 aliphatic heterocycles. The molecule has 30 heavy (non-hydrogen) atoms. The smallest absolute Gasteiger partial charge is 0.283 e. The van der Waals surface area contributed by atoms with Gasteiger partial charge in [-0.1, -0.05) is 47.5 Å². The zero-order valence-electron chi connectivity index (χ0n) is 15.9. The minimum Gasteiger partial charge on any atom is -0.457 e. The molecular formula is C23H16Cl2N2O3. The Labute approximate surface area is 183 Å². The van der Waals surface area contributed by atoms with Gasteiger partial charge in [0.25, 0.3) is 11.8 Å². The molecule has 0 aromatic heterocycles. The first-order valence-corrected chi connectivity index (χ1v) is 9.84. The second-order valence-corrected chi connectivity index (χ2v) is 7.42. The van der Waals surface area contributed by atoms with Crippen LogP contribution in [0, 0.1) is 6.92 Å². The number of para-hydroxylation sites is 1. The number of nitrogens with zero attached hydrogens (tertiary/aromatic N) is 1. The van der Waals surface area contributed by atoms with Gasteiger partial charge in [-0.05, 0) is 61.0 Å². The molecule has 3 aromatic carbocycles. The van der Waals surface area contributed by atoms with Gasteiger partial charge in [0.05, 0.1) is 5.69 Å². The lowest BCUT2D eigenvalue weighted by molar-refractivity contribution is -0.120. The number of halogens is 2. The average molecular weight is 439 g/mol. The summed E-state index contributed by atoms with van der Waals surface area (Å²) < 4.78 is 5.75. The lowest BCUT2D eigenvalue weighted by atomic mass is 10.2. The molecule has 4 rings (SSSR count). The molecule has 150 valence electrons. The van der Waals surface area contributed by atoms with E-state index in [-0.39, 0.29) is 10.7 Å². The molecule has 0 saturated heterocycles. The molecule has 1 aliphatic rings. The van der Waals surface area contributed by atoms with Gasteiger partial charge in [0, 0.05) is 10.7 Å². The van der Waals surface area contributed by atoms with Crippen LogP contribution in [0.5, 0.6) is 11.5 Å². The molecule has 0 atom stereocenters. The average Bonchev–Trinajstić information content (AvgIpc) is 2.95. The fraction of sp³-hybridized carbons (Fsp3) is 0.0435. The van der Waals surface area contributed by atoms with Crippen molar-refractivity contribution < 1.29 is 14.3 Å². The van der Waals surface area contributed by atoms with E-state index in [0.29, 0.717) is 27.9 Å². The summed E-state index contributed by atoms with van der Waals surface area (Å²) in [4.78, 5) is 26.5. The van der Waals surface area contributed by atoms with Crippen molar-refractivity contribution in [3.8, 4) is 11.5 Å². The third-order valence-corrected chi connectivity index (χ3v) is 5.30. The molecular weight excluding hydrogens is 423 g/mol. The van der Waals surface area contributed by atoms with Crippen molar-refractivity contribution in [2.45, 2.75) is 6.92 Å². The highest BCUT2D eigenvalue weighted by molar-refractivity contribution is 6.53. The minimum atomic E-state index is -0.604. The van der Waals surface area contributed by atoms with E-state index in [1.165, 1.54) is 0 Å². The molecule has 0 bridgehead atoms. The predicted molar refractivity (Wildman–Crippen MR) is 118 cm³/mol. The number of amides is 2. The Kier molecular flexibility index (Phi) is 5.48. The van der Waals surface area contributed by atoms with E-state index in [9.17, 15) is 9.59 Å². The van der Waals surface area contributed by atoms with Crippen molar-refractivity contribution in [2.75, 3.05) is 10.2 Å². The fourth-order valence-corrected chi connectivity index (χ4v) is 3.33. The van der Waals surface area contributed by atoms with Crippen LogP contribution in [0.25, 0.3) is 0 Å². The summed E-state index contributed by atoms with van der Waals surface area (Å²) >= 11 is 12.3. The van der Waals surface area contributed by atoms with Crippen LogP contribution in [0.3, 0.4) is 0 Å². The van der Waals surface area contributed by atoms with Gasteiger partial charge in [0.1, 0.15) is 22.2 Å². The molecule has 0 saturated carbocycles. The Balaban J connectivity index is 1.52. The Bertz CT molecular complexity index is 1160. The maximum absolute atomic E-state index is 12.9. The molecule has 1 N–H and O–H groups in total. The van der Waals surface area contributed by atoms with E-state index in [2.05, 4.69) is 5.32 Å². The first-order valence-electron chi connectivity index (χ1n) is 9.09. The molecule has 0 fully saturated rings. The molecule has 3 aromatic rings. The van der Waals surface area contributed by atoms with Crippen LogP contribution in [0.1, 0.15) is 5.56 Å². The van der Waals surface area contributed by atoms with Crippen LogP contribution in [-0.2, 0) is 9.59 Å². The van der Waals surface area contributed by atoms with E-state index in [1.54, 1.807) is 42.5 Å². The maximum atomic E-state index is 12.9. The molecule has 1 heterocycles. The van der Waals surface area contributed by atoms with Crippen LogP contribution in [-0.4, -0.2) is 11.8 Å². The summed E-state index contributed by atoms with van der Waals surface area (Å²) in [6.07, 6.45) is 0. The number of aryl methyl sites for hydroxylation is 1. The molecule has 2 amide bonds. The molecule has 7 heteroatoms. The Morgan fingerprint density at radius 3 is 2.17 bits per heavy atom. The van der Waals surface area contributed by atoms with Crippen molar-refractivity contribution >= 4 is 46.4 Å². The molecule has 0 unspecified atom stereocenters. The van der Waals surface area contributed by atoms with Crippen LogP contribution in [0.4, 0.5) is 11.4 Å². The van der Waals surface area contributed by atoms with Gasteiger partial charge < -0.3 is 10.1 Å². The summed E-state index contributed by atoms with van der Waals surface area (Å²) in [6, 6.07) is 21.3. The molecule has 0 radical (unpaired) electrons. The van der Waals surface area contributed by atoms with Gasteiger partial charge >= 0.3 is 0 Å². The predicted octanol–water partition coefficient (Wildman–Crippen LogP) is 5.88. The second-order valence-electron chi connectivity index (χ2n) is 6.63. The summed E-state index contributed by atoms with van der Waals surface area (Å²) in [7, 11) is 0. The van der Waals surface area contributed by atoms with Crippen molar-refractivity contribution in [3.05, 3.63) is 94.1 Å². The van der Waals surface area contributed by atoms with Gasteiger partial charge in [-0.15, -0.1) is 0 Å². The highest BCUT2D eigenvalue weighted by Crippen LogP contribution is 2.32. The number of hydrogen-bond donors (Lipinski definition) is 1. The SMILES string of the molecule is Cc1ccc(N2C(=O)C(Cl)=C(Nc3ccc(Oc4ccccc4)cc3)C2=O)cc1Cl. The van der Waals surface area contributed by atoms with Gasteiger partial charge in [0.15, 0.2) is 0 Å². The first kappa shape index (κ1) is 20.0. The Morgan fingerprint density at radius 2 is 1.50 bits per heavy atom. The lowest BCUT2D eigenvalue weighted by Gasteiger charge is -2.16. The van der Waals surface area contributed by atoms with Crippen LogP contribution < -0.4 is 15.0 Å². The minimum absolute atomic E-state index is 0.00934. The summed E-state index contributed by atoms with van der Waals surface area (Å²) in [5, 5.41) is 3.21. The first-order chi connectivity index (χ1) is 14.4. The highest BCUT2D eigenvalue weighted by Gasteiger charge is 2.39. The highest BCUT2D eigenvalue weighted by atomic mass is 35.5. The van der Waals surface area contributed by atoms with E-state index in [0.717, 1.165) is 10.5 Å². The summed E-state index contributed by atoms with van der Waals surface area (Å²) in [5.41, 5.74) is 1.81. The number of benzene rings is 3. The number of ether oxygens (including phenoxy) is 1. The number of imide groups is 1. The normalized spacial score (nSPS) is 13.8. The number of anilines is 2. The van der Waals surface area contributed by atoms with E-state index in [1.807, 2.05) is 37.3 Å². The van der Waals surface area contributed by atoms with E-state index < -0.39 is 11.8 Å². The summed E-state index contributed by atoms with van der Waals surface area (Å²) in [5.74, 6) is 0.201. The largest absolute Gasteiger partial charge is 0.457 e. The third-order valence-electron chi connectivity index (χ3n) is 4.54. The monoisotopic (exact) mass is 438 g/mol. The van der Waals surface area contributed by atoms with E-state index >= 15 is 0 Å². The Hall–Kier alpha value is -3.28. The van der Waals surface area contributed by atoms with Gasteiger partial charge in [-0.2, -0.15) is 0 Å². The van der Waals surface area contributed by atoms with Crippen LogP contribution >= 0.6 is 23.2 Å². The summed E-state index contributed by atoms with van der Waals surface area (Å²) in [6.45, 7) is 1.84. The zero-order valence-corrected chi connectivity index (χ0v) is 17.4. The van der Waals surface area contributed by atoms with Crippen molar-refractivity contribution in [2.24, 2.45) is 0 Å². The van der Waals surface area contributed by atoms with Gasteiger partial charge in [-0.3, -0.25) is 9.59 Å². The fourth-order valence-electron chi connectivity index (χ4n) is 2.94. The number of carbonyl (C=O) groups excluding carboxylic acids is 2. The van der Waals surface area contributed by atoms with Crippen LogP contribution in [0.2, 0.25) is 5.02 Å². The number of rotatable bonds is 5. The maximum Gasteiger partial charge on any atom is 0.283 e.